The number of carbonyl (C=O) groups excluding carboxylic acids is 2. The van der Waals surface area contributed by atoms with Gasteiger partial charge >= 0.3 is 6.03 Å². The highest BCUT2D eigenvalue weighted by atomic mass is 32.1. The van der Waals surface area contributed by atoms with Gasteiger partial charge in [0, 0.05) is 11.9 Å². The number of nitrogens with one attached hydrogen (secondary N) is 2. The summed E-state index contributed by atoms with van der Waals surface area (Å²) in [6.45, 7) is 0. The van der Waals surface area contributed by atoms with Crippen LogP contribution in [0.5, 0.6) is 5.75 Å². The van der Waals surface area contributed by atoms with Crippen LogP contribution in [0.4, 0.5) is 10.5 Å². The Kier molecular flexibility index (Phi) is 4.44. The fraction of sp³-hybridized carbons (Fsp3) is 0.143. The van der Waals surface area contributed by atoms with Gasteiger partial charge in [0.15, 0.2) is 0 Å². The highest BCUT2D eigenvalue weighted by Crippen LogP contribution is 2.35. The summed E-state index contributed by atoms with van der Waals surface area (Å²) >= 11 is 1.28. The second-order valence-electron chi connectivity index (χ2n) is 4.15. The second-order valence-corrected chi connectivity index (χ2v) is 5.20. The number of hydrogen-bond donors (Lipinski definition) is 3. The summed E-state index contributed by atoms with van der Waals surface area (Å²) in [5, 5.41) is 5.00. The number of urea groups is 1. The maximum Gasteiger partial charge on any atom is 0.316 e. The lowest BCUT2D eigenvalue weighted by Gasteiger charge is -2.01. The van der Waals surface area contributed by atoms with Crippen molar-refractivity contribution in [1.82, 2.24) is 5.32 Å². The van der Waals surface area contributed by atoms with Crippen molar-refractivity contribution in [3.05, 3.63) is 35.2 Å². The molecule has 2 rings (SSSR count). The van der Waals surface area contributed by atoms with Gasteiger partial charge in [-0.25, -0.2) is 4.79 Å². The van der Waals surface area contributed by atoms with E-state index in [4.69, 9.17) is 10.5 Å². The zero-order valence-corrected chi connectivity index (χ0v) is 12.4. The predicted molar refractivity (Wildman–Crippen MR) is 82.9 cm³/mol. The number of nitrogens with two attached hydrogens (primary N) is 1. The molecule has 1 aromatic heterocycles. The van der Waals surface area contributed by atoms with Crippen LogP contribution in [-0.4, -0.2) is 26.1 Å². The molecule has 0 fully saturated rings. The molecule has 0 unspecified atom stereocenters. The van der Waals surface area contributed by atoms with Crippen molar-refractivity contribution in [2.75, 3.05) is 19.5 Å². The lowest BCUT2D eigenvalue weighted by molar-refractivity contribution is 0.0968. The molecule has 4 N–H and O–H groups in total. The maximum absolute atomic E-state index is 11.8. The number of ether oxygens (including phenoxy) is 1. The Balaban J connectivity index is 2.41. The van der Waals surface area contributed by atoms with Crippen LogP contribution in [0.3, 0.4) is 0 Å². The molecule has 0 radical (unpaired) electrons. The third-order valence-corrected chi connectivity index (χ3v) is 3.98. The first-order chi connectivity index (χ1) is 10.0. The van der Waals surface area contributed by atoms with Crippen LogP contribution >= 0.6 is 11.3 Å². The molecule has 0 aliphatic heterocycles. The van der Waals surface area contributed by atoms with E-state index in [-0.39, 0.29) is 5.91 Å². The van der Waals surface area contributed by atoms with Crippen LogP contribution < -0.4 is 21.1 Å². The smallest absolute Gasteiger partial charge is 0.316 e. The lowest BCUT2D eigenvalue weighted by atomic mass is 10.2. The van der Waals surface area contributed by atoms with Gasteiger partial charge in [-0.15, -0.1) is 11.3 Å². The van der Waals surface area contributed by atoms with E-state index in [0.717, 1.165) is 16.2 Å². The molecular weight excluding hydrogens is 290 g/mol. The summed E-state index contributed by atoms with van der Waals surface area (Å²) in [7, 11) is 3.13. The Morgan fingerprint density at radius 1 is 1.24 bits per heavy atom. The lowest BCUT2D eigenvalue weighted by Crippen LogP contribution is -2.22. The molecule has 0 aliphatic carbocycles. The minimum absolute atomic E-state index is 0.275. The molecule has 0 atom stereocenters. The van der Waals surface area contributed by atoms with Gasteiger partial charge in [0.25, 0.3) is 5.91 Å². The van der Waals surface area contributed by atoms with Crippen LogP contribution in [0.1, 0.15) is 9.67 Å². The number of rotatable bonds is 4. The van der Waals surface area contributed by atoms with E-state index in [9.17, 15) is 9.59 Å². The first-order valence-corrected chi connectivity index (χ1v) is 6.93. The largest absolute Gasteiger partial charge is 0.497 e. The molecule has 1 aromatic carbocycles. The molecule has 0 saturated heterocycles. The van der Waals surface area contributed by atoms with Crippen molar-refractivity contribution in [3.8, 4) is 16.2 Å². The summed E-state index contributed by atoms with van der Waals surface area (Å²) in [5.74, 6) is 0.473. The number of methoxy groups -OCH3 is 1. The van der Waals surface area contributed by atoms with Gasteiger partial charge < -0.3 is 21.1 Å². The maximum atomic E-state index is 11.8. The van der Waals surface area contributed by atoms with Crippen molar-refractivity contribution in [2.45, 2.75) is 0 Å². The van der Waals surface area contributed by atoms with Crippen LogP contribution in [0, 0.1) is 0 Å². The zero-order valence-electron chi connectivity index (χ0n) is 11.6. The van der Waals surface area contributed by atoms with E-state index < -0.39 is 6.03 Å². The highest BCUT2D eigenvalue weighted by molar-refractivity contribution is 7.18. The average Bonchev–Trinajstić information content (AvgIpc) is 2.89. The molecule has 110 valence electrons. The monoisotopic (exact) mass is 305 g/mol. The molecule has 7 heteroatoms. The third-order valence-electron chi connectivity index (χ3n) is 2.80. The molecule has 0 aliphatic rings. The Bertz CT molecular complexity index is 665. The number of primary amides is 1. The van der Waals surface area contributed by atoms with Gasteiger partial charge in [0.1, 0.15) is 10.6 Å². The SMILES string of the molecule is CNC(=O)c1sc(-c2ccc(OC)cc2)cc1NC(N)=O. The van der Waals surface area contributed by atoms with Crippen LogP contribution in [0.15, 0.2) is 30.3 Å². The first-order valence-electron chi connectivity index (χ1n) is 6.12. The molecule has 0 saturated carbocycles. The second kappa shape index (κ2) is 6.27. The van der Waals surface area contributed by atoms with E-state index in [1.165, 1.54) is 18.4 Å². The quantitative estimate of drug-likeness (QED) is 0.809. The zero-order chi connectivity index (χ0) is 15.4. The van der Waals surface area contributed by atoms with Gasteiger partial charge in [-0.2, -0.15) is 0 Å². The summed E-state index contributed by atoms with van der Waals surface area (Å²) < 4.78 is 5.11. The highest BCUT2D eigenvalue weighted by Gasteiger charge is 2.17. The van der Waals surface area contributed by atoms with E-state index in [1.54, 1.807) is 13.2 Å². The Labute approximate surface area is 125 Å². The van der Waals surface area contributed by atoms with E-state index in [2.05, 4.69) is 10.6 Å². The molecular formula is C14H15N3O3S. The van der Waals surface area contributed by atoms with Gasteiger partial charge in [0.2, 0.25) is 0 Å². The van der Waals surface area contributed by atoms with E-state index >= 15 is 0 Å². The number of hydrogen-bond acceptors (Lipinski definition) is 4. The van der Waals surface area contributed by atoms with Crippen LogP contribution in [0.25, 0.3) is 10.4 Å². The minimum Gasteiger partial charge on any atom is -0.497 e. The van der Waals surface area contributed by atoms with Crippen molar-refractivity contribution in [3.63, 3.8) is 0 Å². The molecule has 3 amide bonds. The Morgan fingerprint density at radius 2 is 1.90 bits per heavy atom. The summed E-state index contributed by atoms with van der Waals surface area (Å²) in [6, 6.07) is 8.44. The standard InChI is InChI=1S/C14H15N3O3S/c1-16-13(18)12-10(17-14(15)19)7-11(21-12)8-3-5-9(20-2)6-4-8/h3-7H,1-2H3,(H,16,18)(H3,15,17,19). The fourth-order valence-electron chi connectivity index (χ4n) is 1.80. The van der Waals surface area contributed by atoms with Gasteiger partial charge in [-0.05, 0) is 35.9 Å². The minimum atomic E-state index is -0.709. The number of thiophene rings is 1. The molecule has 6 nitrogen and oxygen atoms in total. The normalized spacial score (nSPS) is 10.0. The summed E-state index contributed by atoms with van der Waals surface area (Å²) in [6.07, 6.45) is 0. The molecule has 2 aromatic rings. The number of benzene rings is 1. The van der Waals surface area contributed by atoms with E-state index in [1.807, 2.05) is 24.3 Å². The molecule has 0 spiro atoms. The van der Waals surface area contributed by atoms with Crippen LogP contribution in [0.2, 0.25) is 0 Å². The summed E-state index contributed by atoms with van der Waals surface area (Å²) in [5.41, 5.74) is 6.45. The Hall–Kier alpha value is -2.54. The molecule has 21 heavy (non-hydrogen) atoms. The fourth-order valence-corrected chi connectivity index (χ4v) is 2.86. The molecule has 1 heterocycles. The summed E-state index contributed by atoms with van der Waals surface area (Å²) in [4.78, 5) is 24.1. The number of anilines is 1. The van der Waals surface area contributed by atoms with Gasteiger partial charge in [0.05, 0.1) is 12.8 Å². The molecule has 0 bridgehead atoms. The van der Waals surface area contributed by atoms with Crippen molar-refractivity contribution in [2.24, 2.45) is 5.73 Å². The predicted octanol–water partition coefficient (Wildman–Crippen LogP) is 2.27. The van der Waals surface area contributed by atoms with E-state index in [0.29, 0.717) is 10.6 Å². The van der Waals surface area contributed by atoms with Gasteiger partial charge in [-0.3, -0.25) is 4.79 Å². The van der Waals surface area contributed by atoms with Crippen LogP contribution in [-0.2, 0) is 0 Å². The average molecular weight is 305 g/mol. The van der Waals surface area contributed by atoms with Crippen molar-refractivity contribution >= 4 is 29.0 Å². The Morgan fingerprint density at radius 3 is 2.43 bits per heavy atom. The van der Waals surface area contributed by atoms with Crippen molar-refractivity contribution < 1.29 is 14.3 Å². The number of carbonyl (C=O) groups is 2. The first kappa shape index (κ1) is 14.9. The number of amides is 3. The third kappa shape index (κ3) is 3.32. The van der Waals surface area contributed by atoms with Gasteiger partial charge in [-0.1, -0.05) is 0 Å². The topological polar surface area (TPSA) is 93.4 Å². The van der Waals surface area contributed by atoms with Crippen molar-refractivity contribution in [1.29, 1.82) is 0 Å².